The quantitative estimate of drug-likeness (QED) is 0.742. The highest BCUT2D eigenvalue weighted by atomic mass is 32.2. The molecule has 0 spiro atoms. The average molecular weight is 355 g/mol. The molecular weight excluding hydrogens is 338 g/mol. The van der Waals surface area contributed by atoms with Crippen LogP contribution < -0.4 is 4.72 Å². The third-order valence-electron chi connectivity index (χ3n) is 4.19. The van der Waals surface area contributed by atoms with Gasteiger partial charge in [0, 0.05) is 5.39 Å². The van der Waals surface area contributed by atoms with E-state index in [4.69, 9.17) is 0 Å². The van der Waals surface area contributed by atoms with Gasteiger partial charge in [0.05, 0.1) is 16.1 Å². The van der Waals surface area contributed by atoms with E-state index in [1.54, 1.807) is 26.0 Å². The van der Waals surface area contributed by atoms with Gasteiger partial charge in [-0.25, -0.2) is 13.2 Å². The molecule has 0 aliphatic heterocycles. The Bertz CT molecular complexity index is 1080. The van der Waals surface area contributed by atoms with Gasteiger partial charge in [-0.2, -0.15) is 0 Å². The summed E-state index contributed by atoms with van der Waals surface area (Å²) < 4.78 is 28.4. The fourth-order valence-electron chi connectivity index (χ4n) is 2.74. The van der Waals surface area contributed by atoms with Gasteiger partial charge in [0.2, 0.25) is 0 Å². The highest BCUT2D eigenvalue weighted by Crippen LogP contribution is 2.28. The van der Waals surface area contributed by atoms with Gasteiger partial charge < -0.3 is 5.11 Å². The van der Waals surface area contributed by atoms with Gasteiger partial charge in [0.1, 0.15) is 0 Å². The largest absolute Gasteiger partial charge is 0.478 e. The van der Waals surface area contributed by atoms with Crippen molar-refractivity contribution in [2.45, 2.75) is 18.7 Å². The van der Waals surface area contributed by atoms with Crippen LogP contribution in [0.4, 0.5) is 5.69 Å². The number of aryl methyl sites for hydroxylation is 1. The number of hydrogen-bond acceptors (Lipinski definition) is 3. The zero-order valence-electron chi connectivity index (χ0n) is 13.8. The van der Waals surface area contributed by atoms with E-state index in [-0.39, 0.29) is 10.5 Å². The third-order valence-corrected chi connectivity index (χ3v) is 5.68. The Kier molecular flexibility index (Phi) is 4.22. The van der Waals surface area contributed by atoms with Crippen molar-refractivity contribution in [3.8, 4) is 0 Å². The van der Waals surface area contributed by atoms with Crippen molar-refractivity contribution in [3.05, 3.63) is 71.3 Å². The zero-order chi connectivity index (χ0) is 18.2. The van der Waals surface area contributed by atoms with E-state index in [1.165, 1.54) is 12.1 Å². The molecule has 6 heteroatoms. The molecule has 128 valence electrons. The standard InChI is InChI=1S/C19H17NO4S/c1-12-10-15(19(21)22)11-18(13(12)2)25(23,24)20-17-9-5-7-14-6-3-4-8-16(14)17/h3-11,20H,1-2H3,(H,21,22). The Labute approximate surface area is 146 Å². The molecule has 0 fully saturated rings. The van der Waals surface area contributed by atoms with Crippen molar-refractivity contribution < 1.29 is 18.3 Å². The maximum Gasteiger partial charge on any atom is 0.335 e. The number of aromatic carboxylic acids is 1. The highest BCUT2D eigenvalue weighted by molar-refractivity contribution is 7.92. The number of benzene rings is 3. The second kappa shape index (κ2) is 6.22. The van der Waals surface area contributed by atoms with E-state index in [9.17, 15) is 18.3 Å². The van der Waals surface area contributed by atoms with Crippen LogP contribution in [0.5, 0.6) is 0 Å². The van der Waals surface area contributed by atoms with Gasteiger partial charge in [-0.05, 0) is 48.6 Å². The summed E-state index contributed by atoms with van der Waals surface area (Å²) in [5.74, 6) is -1.16. The van der Waals surface area contributed by atoms with Crippen LogP contribution in [-0.2, 0) is 10.0 Å². The number of carboxylic acid groups (broad SMARTS) is 1. The zero-order valence-corrected chi connectivity index (χ0v) is 14.6. The van der Waals surface area contributed by atoms with E-state index in [0.717, 1.165) is 10.8 Å². The maximum absolute atomic E-state index is 12.9. The molecule has 0 amide bonds. The lowest BCUT2D eigenvalue weighted by atomic mass is 10.1. The van der Waals surface area contributed by atoms with Crippen LogP contribution in [0, 0.1) is 13.8 Å². The maximum atomic E-state index is 12.9. The number of fused-ring (bicyclic) bond motifs is 1. The summed E-state index contributed by atoms with van der Waals surface area (Å²) in [4.78, 5) is 11.2. The van der Waals surface area contributed by atoms with Crippen LogP contribution in [0.2, 0.25) is 0 Å². The van der Waals surface area contributed by atoms with Gasteiger partial charge in [-0.1, -0.05) is 36.4 Å². The van der Waals surface area contributed by atoms with Gasteiger partial charge >= 0.3 is 5.97 Å². The fraction of sp³-hybridized carbons (Fsp3) is 0.105. The van der Waals surface area contributed by atoms with Crippen LogP contribution in [-0.4, -0.2) is 19.5 Å². The summed E-state index contributed by atoms with van der Waals surface area (Å²) in [6, 6.07) is 15.5. The molecule has 0 aliphatic carbocycles. The van der Waals surface area contributed by atoms with Crippen LogP contribution >= 0.6 is 0 Å². The molecule has 25 heavy (non-hydrogen) atoms. The average Bonchev–Trinajstić information content (AvgIpc) is 2.57. The minimum Gasteiger partial charge on any atom is -0.478 e. The van der Waals surface area contributed by atoms with E-state index in [1.807, 2.05) is 30.3 Å². The van der Waals surface area contributed by atoms with E-state index >= 15 is 0 Å². The molecule has 0 aromatic heterocycles. The Hall–Kier alpha value is -2.86. The van der Waals surface area contributed by atoms with Crippen molar-refractivity contribution in [2.24, 2.45) is 0 Å². The summed E-state index contributed by atoms with van der Waals surface area (Å²) in [7, 11) is -3.93. The predicted octanol–water partition coefficient (Wildman–Crippen LogP) is 3.96. The number of carbonyl (C=O) groups is 1. The van der Waals surface area contributed by atoms with E-state index in [0.29, 0.717) is 16.8 Å². The lowest BCUT2D eigenvalue weighted by molar-refractivity contribution is 0.0696. The summed E-state index contributed by atoms with van der Waals surface area (Å²) in [6.45, 7) is 3.36. The van der Waals surface area contributed by atoms with E-state index < -0.39 is 16.0 Å². The van der Waals surface area contributed by atoms with Crippen LogP contribution in [0.3, 0.4) is 0 Å². The molecule has 0 radical (unpaired) electrons. The van der Waals surface area contributed by atoms with Crippen molar-refractivity contribution >= 4 is 32.5 Å². The molecule has 3 aromatic rings. The molecule has 5 nitrogen and oxygen atoms in total. The number of hydrogen-bond donors (Lipinski definition) is 2. The number of anilines is 1. The summed E-state index contributed by atoms with van der Waals surface area (Å²) in [6.07, 6.45) is 0. The van der Waals surface area contributed by atoms with Crippen LogP contribution in [0.1, 0.15) is 21.5 Å². The first kappa shape index (κ1) is 17.0. The lowest BCUT2D eigenvalue weighted by Gasteiger charge is -2.14. The number of sulfonamides is 1. The second-order valence-corrected chi connectivity index (χ2v) is 7.50. The summed E-state index contributed by atoms with van der Waals surface area (Å²) >= 11 is 0. The molecule has 3 aromatic carbocycles. The molecular formula is C19H17NO4S. The number of nitrogens with one attached hydrogen (secondary N) is 1. The molecule has 0 aliphatic rings. The Balaban J connectivity index is 2.13. The first-order valence-electron chi connectivity index (χ1n) is 7.65. The molecule has 0 saturated carbocycles. The second-order valence-electron chi connectivity index (χ2n) is 5.85. The predicted molar refractivity (Wildman–Crippen MR) is 97.6 cm³/mol. The topological polar surface area (TPSA) is 83.5 Å². The number of carboxylic acids is 1. The Morgan fingerprint density at radius 2 is 1.68 bits per heavy atom. The van der Waals surface area contributed by atoms with Crippen molar-refractivity contribution in [1.29, 1.82) is 0 Å². The summed E-state index contributed by atoms with van der Waals surface area (Å²) in [5, 5.41) is 10.9. The van der Waals surface area contributed by atoms with Gasteiger partial charge in [0.25, 0.3) is 10.0 Å². The summed E-state index contributed by atoms with van der Waals surface area (Å²) in [5.41, 5.74) is 1.54. The molecule has 0 bridgehead atoms. The van der Waals surface area contributed by atoms with Crippen LogP contribution in [0.25, 0.3) is 10.8 Å². The van der Waals surface area contributed by atoms with Gasteiger partial charge in [0.15, 0.2) is 0 Å². The molecule has 3 rings (SSSR count). The first-order chi connectivity index (χ1) is 11.8. The minimum absolute atomic E-state index is 0.0298. The third kappa shape index (κ3) is 3.21. The van der Waals surface area contributed by atoms with Crippen molar-refractivity contribution in [3.63, 3.8) is 0 Å². The Morgan fingerprint density at radius 3 is 2.40 bits per heavy atom. The smallest absolute Gasteiger partial charge is 0.335 e. The van der Waals surface area contributed by atoms with Crippen molar-refractivity contribution in [1.82, 2.24) is 0 Å². The molecule has 0 saturated heterocycles. The fourth-order valence-corrected chi connectivity index (χ4v) is 4.17. The molecule has 0 heterocycles. The molecule has 0 unspecified atom stereocenters. The SMILES string of the molecule is Cc1cc(C(=O)O)cc(S(=O)(=O)Nc2cccc3ccccc23)c1C. The van der Waals surface area contributed by atoms with Gasteiger partial charge in [-0.3, -0.25) is 4.72 Å². The minimum atomic E-state index is -3.93. The van der Waals surface area contributed by atoms with Gasteiger partial charge in [-0.15, -0.1) is 0 Å². The van der Waals surface area contributed by atoms with Crippen LogP contribution in [0.15, 0.2) is 59.5 Å². The monoisotopic (exact) mass is 355 g/mol. The first-order valence-corrected chi connectivity index (χ1v) is 9.13. The highest BCUT2D eigenvalue weighted by Gasteiger charge is 2.21. The van der Waals surface area contributed by atoms with E-state index in [2.05, 4.69) is 4.72 Å². The lowest BCUT2D eigenvalue weighted by Crippen LogP contribution is -2.16. The number of rotatable bonds is 4. The molecule has 0 atom stereocenters. The Morgan fingerprint density at radius 1 is 1.00 bits per heavy atom. The normalized spacial score (nSPS) is 11.4. The van der Waals surface area contributed by atoms with Crippen molar-refractivity contribution in [2.75, 3.05) is 4.72 Å². The molecule has 2 N–H and O–H groups in total.